The van der Waals surface area contributed by atoms with Crippen molar-refractivity contribution in [2.24, 2.45) is 5.92 Å². The van der Waals surface area contributed by atoms with Gasteiger partial charge < -0.3 is 9.84 Å². The smallest absolute Gasteiger partial charge is 0.308 e. The molecule has 0 aromatic heterocycles. The molecular formula is C16H23NO5S. The lowest BCUT2D eigenvalue weighted by Crippen LogP contribution is -2.50. The van der Waals surface area contributed by atoms with E-state index in [1.807, 2.05) is 30.3 Å². The van der Waals surface area contributed by atoms with Gasteiger partial charge in [0.25, 0.3) is 0 Å². The van der Waals surface area contributed by atoms with Gasteiger partial charge in [-0.15, -0.1) is 0 Å². The van der Waals surface area contributed by atoms with Crippen LogP contribution in [-0.2, 0) is 26.2 Å². The highest BCUT2D eigenvalue weighted by Crippen LogP contribution is 2.26. The lowest BCUT2D eigenvalue weighted by atomic mass is 9.92. The summed E-state index contributed by atoms with van der Waals surface area (Å²) in [6, 6.07) is 9.02. The number of hydrogen-bond donors (Lipinski definition) is 1. The number of nitrogens with zero attached hydrogens (tertiary/aromatic N) is 1. The molecule has 1 aliphatic heterocycles. The Morgan fingerprint density at radius 1 is 1.35 bits per heavy atom. The zero-order chi connectivity index (χ0) is 16.9. The molecule has 0 unspecified atom stereocenters. The van der Waals surface area contributed by atoms with Gasteiger partial charge in [-0.25, -0.2) is 8.42 Å². The molecule has 23 heavy (non-hydrogen) atoms. The molecule has 1 aromatic rings. The van der Waals surface area contributed by atoms with Gasteiger partial charge in [0.1, 0.15) is 0 Å². The molecule has 0 spiro atoms. The Morgan fingerprint density at radius 3 is 2.70 bits per heavy atom. The number of carboxylic acid groups (broad SMARTS) is 1. The largest absolute Gasteiger partial charge is 0.481 e. The SMILES string of the molecule is C[C@@H]1[C@H](C(=O)O)CCCN1S(=O)(=O)CCOCc1ccccc1. The number of carbonyl (C=O) groups is 1. The monoisotopic (exact) mass is 341 g/mol. The molecule has 6 nitrogen and oxygen atoms in total. The maximum Gasteiger partial charge on any atom is 0.308 e. The van der Waals surface area contributed by atoms with Crippen LogP contribution in [-0.4, -0.2) is 48.7 Å². The van der Waals surface area contributed by atoms with Crippen LogP contribution >= 0.6 is 0 Å². The van der Waals surface area contributed by atoms with Crippen LogP contribution in [0.2, 0.25) is 0 Å². The first-order chi connectivity index (χ1) is 10.9. The lowest BCUT2D eigenvalue weighted by molar-refractivity contribution is -0.144. The Hall–Kier alpha value is -1.44. The van der Waals surface area contributed by atoms with Crippen molar-refractivity contribution in [2.45, 2.75) is 32.4 Å². The molecule has 2 rings (SSSR count). The topological polar surface area (TPSA) is 83.9 Å². The van der Waals surface area contributed by atoms with Crippen LogP contribution in [0.3, 0.4) is 0 Å². The maximum atomic E-state index is 12.4. The van der Waals surface area contributed by atoms with Gasteiger partial charge >= 0.3 is 5.97 Å². The number of carboxylic acids is 1. The third-order valence-electron chi connectivity index (χ3n) is 4.20. The number of piperidine rings is 1. The molecule has 1 aromatic carbocycles. The fourth-order valence-electron chi connectivity index (χ4n) is 2.88. The van der Waals surface area contributed by atoms with E-state index in [4.69, 9.17) is 4.74 Å². The predicted molar refractivity (Wildman–Crippen MR) is 86.4 cm³/mol. The van der Waals surface area contributed by atoms with Gasteiger partial charge in [-0.3, -0.25) is 4.79 Å². The lowest BCUT2D eigenvalue weighted by Gasteiger charge is -2.36. The van der Waals surface area contributed by atoms with Crippen LogP contribution in [0.5, 0.6) is 0 Å². The summed E-state index contributed by atoms with van der Waals surface area (Å²) < 4.78 is 31.6. The molecule has 1 saturated heterocycles. The Morgan fingerprint density at radius 2 is 2.04 bits per heavy atom. The summed E-state index contributed by atoms with van der Waals surface area (Å²) in [5, 5.41) is 9.19. The standard InChI is InChI=1S/C16H23NO5S/c1-13-15(16(18)19)8-5-9-17(13)23(20,21)11-10-22-12-14-6-3-2-4-7-14/h2-4,6-7,13,15H,5,8-12H2,1H3,(H,18,19)/t13-,15-/m1/s1. The van der Waals surface area contributed by atoms with Crippen molar-refractivity contribution < 1.29 is 23.1 Å². The minimum Gasteiger partial charge on any atom is -0.481 e. The average Bonchev–Trinajstić information content (AvgIpc) is 2.52. The Bertz CT molecular complexity index is 617. The molecule has 0 aliphatic carbocycles. The van der Waals surface area contributed by atoms with Gasteiger partial charge in [-0.1, -0.05) is 30.3 Å². The fraction of sp³-hybridized carbons (Fsp3) is 0.562. The second-order valence-corrected chi connectivity index (χ2v) is 7.83. The molecule has 1 fully saturated rings. The first-order valence-corrected chi connectivity index (χ1v) is 9.37. The number of aliphatic carboxylic acids is 1. The minimum atomic E-state index is -3.51. The molecule has 1 N–H and O–H groups in total. The zero-order valence-corrected chi connectivity index (χ0v) is 14.0. The Labute approximate surface area is 137 Å². The molecule has 1 aliphatic rings. The summed E-state index contributed by atoms with van der Waals surface area (Å²) in [6.45, 7) is 2.51. The van der Waals surface area contributed by atoms with Crippen molar-refractivity contribution >= 4 is 16.0 Å². The van der Waals surface area contributed by atoms with Gasteiger partial charge in [0, 0.05) is 12.6 Å². The molecule has 128 valence electrons. The zero-order valence-electron chi connectivity index (χ0n) is 13.2. The van der Waals surface area contributed by atoms with Crippen LogP contribution in [0.15, 0.2) is 30.3 Å². The average molecular weight is 341 g/mol. The second kappa shape index (κ2) is 7.90. The molecule has 1 heterocycles. The summed E-state index contributed by atoms with van der Waals surface area (Å²) in [4.78, 5) is 11.2. The van der Waals surface area contributed by atoms with E-state index in [-0.39, 0.29) is 12.4 Å². The summed E-state index contributed by atoms with van der Waals surface area (Å²) >= 11 is 0. The van der Waals surface area contributed by atoms with Gasteiger partial charge in [-0.2, -0.15) is 4.31 Å². The van der Waals surface area contributed by atoms with E-state index in [9.17, 15) is 18.3 Å². The van der Waals surface area contributed by atoms with E-state index < -0.39 is 28.0 Å². The van der Waals surface area contributed by atoms with Crippen LogP contribution in [0.4, 0.5) is 0 Å². The number of rotatable bonds is 7. The maximum absolute atomic E-state index is 12.4. The Balaban J connectivity index is 1.87. The quantitative estimate of drug-likeness (QED) is 0.764. The predicted octanol–water partition coefficient (Wildman–Crippen LogP) is 1.72. The van der Waals surface area contributed by atoms with E-state index in [1.54, 1.807) is 6.92 Å². The minimum absolute atomic E-state index is 0.0954. The van der Waals surface area contributed by atoms with Crippen molar-refractivity contribution in [1.29, 1.82) is 0 Å². The summed E-state index contributed by atoms with van der Waals surface area (Å²) in [7, 11) is -3.51. The molecule has 0 amide bonds. The van der Waals surface area contributed by atoms with E-state index in [0.717, 1.165) is 5.56 Å². The fourth-order valence-corrected chi connectivity index (χ4v) is 4.50. The summed E-state index contributed by atoms with van der Waals surface area (Å²) in [6.07, 6.45) is 1.10. The number of hydrogen-bond acceptors (Lipinski definition) is 4. The third-order valence-corrected chi connectivity index (χ3v) is 6.11. The normalized spacial score (nSPS) is 22.8. The first kappa shape index (κ1) is 17.9. The Kier molecular flexibility index (Phi) is 6.15. The van der Waals surface area contributed by atoms with Crippen LogP contribution < -0.4 is 0 Å². The highest BCUT2D eigenvalue weighted by Gasteiger charge is 2.38. The van der Waals surface area contributed by atoms with Crippen molar-refractivity contribution in [1.82, 2.24) is 4.31 Å². The van der Waals surface area contributed by atoms with Gasteiger partial charge in [0.05, 0.1) is 24.9 Å². The van der Waals surface area contributed by atoms with Crippen molar-refractivity contribution in [3.05, 3.63) is 35.9 Å². The summed E-state index contributed by atoms with van der Waals surface area (Å²) in [5.41, 5.74) is 0.988. The van der Waals surface area contributed by atoms with E-state index in [0.29, 0.717) is 26.0 Å². The van der Waals surface area contributed by atoms with Crippen molar-refractivity contribution in [3.63, 3.8) is 0 Å². The number of ether oxygens (including phenoxy) is 1. The van der Waals surface area contributed by atoms with Crippen LogP contribution in [0.25, 0.3) is 0 Å². The molecule has 0 bridgehead atoms. The molecule has 7 heteroatoms. The van der Waals surface area contributed by atoms with Crippen LogP contribution in [0.1, 0.15) is 25.3 Å². The van der Waals surface area contributed by atoms with E-state index >= 15 is 0 Å². The van der Waals surface area contributed by atoms with Crippen LogP contribution in [0, 0.1) is 5.92 Å². The first-order valence-electron chi connectivity index (χ1n) is 7.76. The third kappa shape index (κ3) is 4.76. The molecule has 0 saturated carbocycles. The van der Waals surface area contributed by atoms with Gasteiger partial charge in [0.2, 0.25) is 10.0 Å². The van der Waals surface area contributed by atoms with Gasteiger partial charge in [0.15, 0.2) is 0 Å². The van der Waals surface area contributed by atoms with E-state index in [2.05, 4.69) is 0 Å². The molecule has 2 atom stereocenters. The molecular weight excluding hydrogens is 318 g/mol. The van der Waals surface area contributed by atoms with Crippen molar-refractivity contribution in [3.8, 4) is 0 Å². The number of benzene rings is 1. The summed E-state index contributed by atoms with van der Waals surface area (Å²) in [5.74, 6) is -1.70. The molecule has 0 radical (unpaired) electrons. The van der Waals surface area contributed by atoms with E-state index in [1.165, 1.54) is 4.31 Å². The highest BCUT2D eigenvalue weighted by molar-refractivity contribution is 7.89. The van der Waals surface area contributed by atoms with Crippen molar-refractivity contribution in [2.75, 3.05) is 18.9 Å². The highest BCUT2D eigenvalue weighted by atomic mass is 32.2. The van der Waals surface area contributed by atoms with Gasteiger partial charge in [-0.05, 0) is 25.3 Å². The number of sulfonamides is 1. The second-order valence-electron chi connectivity index (χ2n) is 5.79.